The lowest BCUT2D eigenvalue weighted by Gasteiger charge is -2.32. The summed E-state index contributed by atoms with van der Waals surface area (Å²) in [7, 11) is -3.00. The molecule has 1 N–H and O–H groups in total. The summed E-state index contributed by atoms with van der Waals surface area (Å²) in [5.74, 6) is -2.65. The number of carbonyl (C=O) groups is 1. The van der Waals surface area contributed by atoms with Crippen LogP contribution in [0.15, 0.2) is 28.7 Å². The molecular weight excluding hydrogens is 562 g/mol. The first kappa shape index (κ1) is 29.1. The summed E-state index contributed by atoms with van der Waals surface area (Å²) in [6.45, 7) is 2.70. The highest BCUT2D eigenvalue weighted by atomic mass is 32.2. The van der Waals surface area contributed by atoms with E-state index >= 15 is 0 Å². The lowest BCUT2D eigenvalue weighted by atomic mass is 9.76. The SMILES string of the molecule is CC1CC(F)(F)CCC1c1nc(-c2ccc(N3CCS(=O)(=O)CC3)cc2)c(C2CCCCC2C(=O)NC2(C#N)CC2)o1. The number of aromatic nitrogens is 1. The second kappa shape index (κ2) is 10.9. The maximum atomic E-state index is 14.2. The maximum absolute atomic E-state index is 14.2. The molecule has 1 amide bonds. The number of oxazole rings is 1. The maximum Gasteiger partial charge on any atom is 0.248 e. The Morgan fingerprint density at radius 3 is 2.40 bits per heavy atom. The van der Waals surface area contributed by atoms with E-state index in [1.807, 2.05) is 36.1 Å². The van der Waals surface area contributed by atoms with Crippen LogP contribution in [-0.4, -0.2) is 55.4 Å². The van der Waals surface area contributed by atoms with E-state index in [2.05, 4.69) is 11.4 Å². The minimum absolute atomic E-state index is 0.127. The van der Waals surface area contributed by atoms with Crippen molar-refractivity contribution >= 4 is 21.4 Å². The van der Waals surface area contributed by atoms with Gasteiger partial charge in [-0.25, -0.2) is 22.2 Å². The van der Waals surface area contributed by atoms with Crippen LogP contribution in [-0.2, 0) is 14.6 Å². The van der Waals surface area contributed by atoms with Crippen molar-refractivity contribution in [2.45, 2.75) is 88.0 Å². The highest BCUT2D eigenvalue weighted by Gasteiger charge is 2.48. The molecule has 4 unspecified atom stereocenters. The van der Waals surface area contributed by atoms with E-state index in [0.29, 0.717) is 49.7 Å². The Kier molecular flexibility index (Phi) is 7.57. The van der Waals surface area contributed by atoms with E-state index in [0.717, 1.165) is 30.5 Å². The summed E-state index contributed by atoms with van der Waals surface area (Å²) in [6, 6.07) is 10.0. The van der Waals surface area contributed by atoms with Gasteiger partial charge in [0.05, 0.1) is 17.6 Å². The molecule has 1 saturated heterocycles. The first-order valence-corrected chi connectivity index (χ1v) is 17.0. The van der Waals surface area contributed by atoms with Crippen molar-refractivity contribution in [1.82, 2.24) is 10.3 Å². The van der Waals surface area contributed by atoms with Crippen molar-refractivity contribution in [2.24, 2.45) is 11.8 Å². The molecule has 0 bridgehead atoms. The van der Waals surface area contributed by atoms with Gasteiger partial charge in [0, 0.05) is 54.9 Å². The van der Waals surface area contributed by atoms with Gasteiger partial charge in [-0.15, -0.1) is 0 Å². The summed E-state index contributed by atoms with van der Waals surface area (Å²) < 4.78 is 58.6. The van der Waals surface area contributed by atoms with Gasteiger partial charge in [0.2, 0.25) is 11.8 Å². The average Bonchev–Trinajstić information content (AvgIpc) is 3.60. The van der Waals surface area contributed by atoms with E-state index < -0.39 is 21.3 Å². The molecule has 1 aromatic heterocycles. The first-order valence-electron chi connectivity index (χ1n) is 15.2. The molecule has 11 heteroatoms. The lowest BCUT2D eigenvalue weighted by Crippen LogP contribution is -2.42. The molecule has 1 aromatic carbocycles. The molecule has 0 spiro atoms. The van der Waals surface area contributed by atoms with Crippen LogP contribution in [0.5, 0.6) is 0 Å². The average molecular weight is 601 g/mol. The number of anilines is 1. The molecule has 0 radical (unpaired) electrons. The van der Waals surface area contributed by atoms with Gasteiger partial charge in [0.1, 0.15) is 17.0 Å². The number of nitriles is 1. The van der Waals surface area contributed by atoms with Crippen LogP contribution in [0, 0.1) is 23.2 Å². The Bertz CT molecular complexity index is 1470. The van der Waals surface area contributed by atoms with Gasteiger partial charge in [-0.2, -0.15) is 5.26 Å². The summed E-state index contributed by atoms with van der Waals surface area (Å²) in [5, 5.41) is 12.5. The minimum atomic E-state index is -3.00. The Balaban J connectivity index is 1.33. The van der Waals surface area contributed by atoms with Crippen LogP contribution in [0.4, 0.5) is 14.5 Å². The van der Waals surface area contributed by atoms with Crippen LogP contribution in [0.3, 0.4) is 0 Å². The number of nitrogens with zero attached hydrogens (tertiary/aromatic N) is 3. The second-order valence-corrected chi connectivity index (χ2v) is 15.1. The van der Waals surface area contributed by atoms with Crippen LogP contribution < -0.4 is 10.2 Å². The Morgan fingerprint density at radius 1 is 1.07 bits per heavy atom. The Hall–Kier alpha value is -3.00. The molecule has 4 aliphatic rings. The molecule has 4 atom stereocenters. The van der Waals surface area contributed by atoms with Crippen molar-refractivity contribution in [1.29, 1.82) is 5.26 Å². The van der Waals surface area contributed by atoms with Gasteiger partial charge in [0.25, 0.3) is 0 Å². The number of alkyl halides is 2. The highest BCUT2D eigenvalue weighted by molar-refractivity contribution is 7.91. The van der Waals surface area contributed by atoms with Crippen LogP contribution in [0.2, 0.25) is 0 Å². The predicted molar refractivity (Wildman–Crippen MR) is 154 cm³/mol. The van der Waals surface area contributed by atoms with Gasteiger partial charge in [-0.05, 0) is 50.2 Å². The number of rotatable bonds is 6. The molecule has 2 heterocycles. The third-order valence-corrected chi connectivity index (χ3v) is 11.3. The fourth-order valence-corrected chi connectivity index (χ4v) is 8.18. The first-order chi connectivity index (χ1) is 20.0. The molecule has 4 fully saturated rings. The molecule has 2 aromatic rings. The molecule has 226 valence electrons. The number of nitrogens with one attached hydrogen (secondary N) is 1. The van der Waals surface area contributed by atoms with Crippen molar-refractivity contribution in [3.63, 3.8) is 0 Å². The zero-order valence-corrected chi connectivity index (χ0v) is 24.8. The number of hydrogen-bond acceptors (Lipinski definition) is 7. The topological polar surface area (TPSA) is 116 Å². The summed E-state index contributed by atoms with van der Waals surface area (Å²) in [4.78, 5) is 20.5. The molecule has 8 nitrogen and oxygen atoms in total. The quantitative estimate of drug-likeness (QED) is 0.461. The van der Waals surface area contributed by atoms with E-state index in [1.54, 1.807) is 0 Å². The van der Waals surface area contributed by atoms with Crippen LogP contribution in [0.1, 0.15) is 88.2 Å². The highest BCUT2D eigenvalue weighted by Crippen LogP contribution is 2.48. The summed E-state index contributed by atoms with van der Waals surface area (Å²) in [5.41, 5.74) is 1.60. The number of hydrogen-bond donors (Lipinski definition) is 1. The number of amides is 1. The Labute approximate surface area is 245 Å². The smallest absolute Gasteiger partial charge is 0.248 e. The number of carbonyl (C=O) groups excluding carboxylic acids is 1. The lowest BCUT2D eigenvalue weighted by molar-refractivity contribution is -0.127. The van der Waals surface area contributed by atoms with Crippen LogP contribution in [0.25, 0.3) is 11.3 Å². The van der Waals surface area contributed by atoms with E-state index in [9.17, 15) is 27.3 Å². The van der Waals surface area contributed by atoms with Gasteiger partial charge in [-0.1, -0.05) is 31.9 Å². The van der Waals surface area contributed by atoms with Crippen molar-refractivity contribution in [2.75, 3.05) is 29.5 Å². The standard InChI is InChI=1S/C31H38F2N4O4S/c1-20-18-31(32,33)11-10-23(20)29-35-26(21-6-8-22(9-7-21)37-14-16-42(39,40)17-15-37)27(41-29)24-4-2-3-5-25(24)28(38)36-30(19-34)12-13-30/h6-9,20,23-25H,2-5,10-18H2,1H3,(H,36,38). The van der Waals surface area contributed by atoms with E-state index in [4.69, 9.17) is 9.40 Å². The van der Waals surface area contributed by atoms with Crippen molar-refractivity contribution < 1.29 is 26.4 Å². The molecule has 3 saturated carbocycles. The molecule has 3 aliphatic carbocycles. The van der Waals surface area contributed by atoms with Crippen molar-refractivity contribution in [3.8, 4) is 17.3 Å². The fourth-order valence-electron chi connectivity index (χ4n) is 6.98. The zero-order valence-electron chi connectivity index (χ0n) is 24.0. The fraction of sp³-hybridized carbons (Fsp3) is 0.645. The van der Waals surface area contributed by atoms with E-state index in [-0.39, 0.29) is 60.3 Å². The molecule has 42 heavy (non-hydrogen) atoms. The van der Waals surface area contributed by atoms with Gasteiger partial charge in [-0.3, -0.25) is 4.79 Å². The molecular formula is C31H38F2N4O4S. The summed E-state index contributed by atoms with van der Waals surface area (Å²) in [6.07, 6.45) is 4.41. The normalized spacial score (nSPS) is 29.8. The minimum Gasteiger partial charge on any atom is -0.444 e. The van der Waals surface area contributed by atoms with Crippen molar-refractivity contribution in [3.05, 3.63) is 35.9 Å². The number of sulfone groups is 1. The Morgan fingerprint density at radius 2 is 1.76 bits per heavy atom. The number of halogens is 2. The summed E-state index contributed by atoms with van der Waals surface area (Å²) >= 11 is 0. The van der Waals surface area contributed by atoms with Crippen LogP contribution >= 0.6 is 0 Å². The predicted octanol–water partition coefficient (Wildman–Crippen LogP) is 5.56. The van der Waals surface area contributed by atoms with Gasteiger partial charge >= 0.3 is 0 Å². The van der Waals surface area contributed by atoms with Gasteiger partial charge < -0.3 is 14.6 Å². The third-order valence-electron chi connectivity index (χ3n) is 9.73. The van der Waals surface area contributed by atoms with Gasteiger partial charge in [0.15, 0.2) is 15.7 Å². The monoisotopic (exact) mass is 600 g/mol. The second-order valence-electron chi connectivity index (χ2n) is 12.8. The zero-order chi connectivity index (χ0) is 29.7. The molecule has 1 aliphatic heterocycles. The largest absolute Gasteiger partial charge is 0.444 e. The molecule has 6 rings (SSSR count). The van der Waals surface area contributed by atoms with E-state index in [1.165, 1.54) is 0 Å². The third kappa shape index (κ3) is 5.92. The number of benzene rings is 1.